The molecule has 0 bridgehead atoms. The Bertz CT molecular complexity index is 637. The van der Waals surface area contributed by atoms with Crippen LogP contribution < -0.4 is 10.5 Å². The van der Waals surface area contributed by atoms with Gasteiger partial charge >= 0.3 is 5.97 Å². The van der Waals surface area contributed by atoms with Crippen LogP contribution >= 0.6 is 0 Å². The number of hydrogen-bond acceptors (Lipinski definition) is 4. The summed E-state index contributed by atoms with van der Waals surface area (Å²) < 4.78 is 23.4. The standard InChI is InChI=1S/C14H15FN2O3/c1-3-20-14(18)9-7-11(17-13(9)16)8-4-5-12(19-2)10(15)6-8/h4-7,17H,3,16H2,1-2H3. The number of H-pyrrole nitrogens is 1. The predicted octanol–water partition coefficient (Wildman–Crippen LogP) is 2.59. The maximum Gasteiger partial charge on any atom is 0.341 e. The van der Waals surface area contributed by atoms with Crippen LogP contribution in [0.2, 0.25) is 0 Å². The molecule has 0 fully saturated rings. The maximum atomic E-state index is 13.7. The highest BCUT2D eigenvalue weighted by Crippen LogP contribution is 2.27. The topological polar surface area (TPSA) is 77.3 Å². The van der Waals surface area contributed by atoms with Gasteiger partial charge in [0.05, 0.1) is 13.7 Å². The number of carbonyl (C=O) groups is 1. The number of rotatable bonds is 4. The normalized spacial score (nSPS) is 10.3. The molecule has 1 aromatic heterocycles. The molecule has 0 aliphatic carbocycles. The second-order valence-electron chi connectivity index (χ2n) is 4.08. The molecule has 0 saturated carbocycles. The predicted molar refractivity (Wildman–Crippen MR) is 73.1 cm³/mol. The molecule has 0 radical (unpaired) electrons. The number of esters is 1. The van der Waals surface area contributed by atoms with Crippen LogP contribution in [0.3, 0.4) is 0 Å². The van der Waals surface area contributed by atoms with E-state index in [0.717, 1.165) is 0 Å². The van der Waals surface area contributed by atoms with Gasteiger partial charge in [-0.05, 0) is 31.2 Å². The number of hydrogen-bond donors (Lipinski definition) is 2. The summed E-state index contributed by atoms with van der Waals surface area (Å²) in [6, 6.07) is 6.02. The number of halogens is 1. The molecule has 0 aliphatic heterocycles. The van der Waals surface area contributed by atoms with Crippen molar-refractivity contribution in [1.82, 2.24) is 4.98 Å². The molecule has 5 nitrogen and oxygen atoms in total. The summed E-state index contributed by atoms with van der Waals surface area (Å²) in [5, 5.41) is 0. The molecule has 1 heterocycles. The molecular formula is C14H15FN2O3. The van der Waals surface area contributed by atoms with Crippen LogP contribution in [-0.2, 0) is 4.74 Å². The van der Waals surface area contributed by atoms with Gasteiger partial charge in [0.1, 0.15) is 11.4 Å². The van der Waals surface area contributed by atoms with E-state index in [-0.39, 0.29) is 23.7 Å². The van der Waals surface area contributed by atoms with E-state index in [0.29, 0.717) is 11.3 Å². The van der Waals surface area contributed by atoms with Crippen molar-refractivity contribution in [3.63, 3.8) is 0 Å². The lowest BCUT2D eigenvalue weighted by Gasteiger charge is -2.03. The molecule has 2 aromatic rings. The van der Waals surface area contributed by atoms with Crippen LogP contribution in [0, 0.1) is 5.82 Å². The Labute approximate surface area is 115 Å². The van der Waals surface area contributed by atoms with Gasteiger partial charge in [-0.1, -0.05) is 0 Å². The fraction of sp³-hybridized carbons (Fsp3) is 0.214. The van der Waals surface area contributed by atoms with Gasteiger partial charge in [0.15, 0.2) is 11.6 Å². The van der Waals surface area contributed by atoms with Gasteiger partial charge in [-0.15, -0.1) is 0 Å². The zero-order valence-electron chi connectivity index (χ0n) is 11.2. The number of nitrogens with one attached hydrogen (secondary N) is 1. The summed E-state index contributed by atoms with van der Waals surface area (Å²) in [6.45, 7) is 1.97. The molecule has 20 heavy (non-hydrogen) atoms. The van der Waals surface area contributed by atoms with Crippen molar-refractivity contribution in [2.45, 2.75) is 6.92 Å². The third-order valence-electron chi connectivity index (χ3n) is 2.81. The fourth-order valence-electron chi connectivity index (χ4n) is 1.84. The van der Waals surface area contributed by atoms with E-state index in [2.05, 4.69) is 4.98 Å². The minimum Gasteiger partial charge on any atom is -0.494 e. The highest BCUT2D eigenvalue weighted by molar-refractivity contribution is 5.96. The first-order valence-electron chi connectivity index (χ1n) is 6.06. The molecule has 0 spiro atoms. The molecule has 0 saturated heterocycles. The molecule has 6 heteroatoms. The van der Waals surface area contributed by atoms with Gasteiger partial charge < -0.3 is 20.2 Å². The number of nitrogen functional groups attached to an aromatic ring is 1. The number of ether oxygens (including phenoxy) is 2. The third kappa shape index (κ3) is 2.59. The van der Waals surface area contributed by atoms with Gasteiger partial charge in [0.25, 0.3) is 0 Å². The third-order valence-corrected chi connectivity index (χ3v) is 2.81. The lowest BCUT2D eigenvalue weighted by molar-refractivity contribution is 0.0528. The highest BCUT2D eigenvalue weighted by atomic mass is 19.1. The lowest BCUT2D eigenvalue weighted by atomic mass is 10.1. The lowest BCUT2D eigenvalue weighted by Crippen LogP contribution is -2.05. The quantitative estimate of drug-likeness (QED) is 0.843. The number of aromatic nitrogens is 1. The average Bonchev–Trinajstić information content (AvgIpc) is 2.81. The van der Waals surface area contributed by atoms with E-state index in [1.165, 1.54) is 25.3 Å². The number of benzene rings is 1. The first-order chi connectivity index (χ1) is 9.56. The fourth-order valence-corrected chi connectivity index (χ4v) is 1.84. The Morgan fingerprint density at radius 2 is 2.15 bits per heavy atom. The SMILES string of the molecule is CCOC(=O)c1cc(-c2ccc(OC)c(F)c2)[nH]c1N. The summed E-state index contributed by atoms with van der Waals surface area (Å²) in [5.41, 5.74) is 7.06. The first kappa shape index (κ1) is 13.9. The largest absolute Gasteiger partial charge is 0.494 e. The zero-order valence-corrected chi connectivity index (χ0v) is 11.2. The number of methoxy groups -OCH3 is 1. The van der Waals surface area contributed by atoms with E-state index in [1.807, 2.05) is 0 Å². The van der Waals surface area contributed by atoms with Crippen LogP contribution in [0.15, 0.2) is 24.3 Å². The van der Waals surface area contributed by atoms with Gasteiger partial charge in [-0.25, -0.2) is 9.18 Å². The monoisotopic (exact) mass is 278 g/mol. The van der Waals surface area contributed by atoms with Crippen molar-refractivity contribution >= 4 is 11.8 Å². The summed E-state index contributed by atoms with van der Waals surface area (Å²) in [5.74, 6) is -0.661. The van der Waals surface area contributed by atoms with E-state index >= 15 is 0 Å². The minimum atomic E-state index is -0.513. The molecule has 3 N–H and O–H groups in total. The van der Waals surface area contributed by atoms with E-state index in [4.69, 9.17) is 15.2 Å². The van der Waals surface area contributed by atoms with E-state index in [9.17, 15) is 9.18 Å². The van der Waals surface area contributed by atoms with Crippen LogP contribution in [0.5, 0.6) is 5.75 Å². The van der Waals surface area contributed by atoms with Crippen LogP contribution in [0.25, 0.3) is 11.3 Å². The van der Waals surface area contributed by atoms with Crippen LogP contribution in [0.4, 0.5) is 10.2 Å². The smallest absolute Gasteiger partial charge is 0.341 e. The van der Waals surface area contributed by atoms with Gasteiger partial charge in [0.2, 0.25) is 0 Å². The molecule has 0 unspecified atom stereocenters. The average molecular weight is 278 g/mol. The van der Waals surface area contributed by atoms with Crippen molar-refractivity contribution in [2.24, 2.45) is 0 Å². The number of nitrogens with two attached hydrogens (primary N) is 1. The maximum absolute atomic E-state index is 13.7. The molecule has 2 rings (SSSR count). The van der Waals surface area contributed by atoms with Crippen molar-refractivity contribution in [1.29, 1.82) is 0 Å². The highest BCUT2D eigenvalue weighted by Gasteiger charge is 2.16. The molecule has 106 valence electrons. The second kappa shape index (κ2) is 5.64. The molecule has 0 atom stereocenters. The Kier molecular flexibility index (Phi) is 3.93. The Balaban J connectivity index is 2.37. The summed E-state index contributed by atoms with van der Waals surface area (Å²) in [6.07, 6.45) is 0. The van der Waals surface area contributed by atoms with Gasteiger partial charge in [-0.2, -0.15) is 0 Å². The Morgan fingerprint density at radius 3 is 2.75 bits per heavy atom. The van der Waals surface area contributed by atoms with Gasteiger partial charge in [0, 0.05) is 11.3 Å². The Morgan fingerprint density at radius 1 is 1.40 bits per heavy atom. The molecule has 0 amide bonds. The van der Waals surface area contributed by atoms with Crippen LogP contribution in [0.1, 0.15) is 17.3 Å². The van der Waals surface area contributed by atoms with Crippen molar-refractivity contribution < 1.29 is 18.7 Å². The molecular weight excluding hydrogens is 263 g/mol. The summed E-state index contributed by atoms with van der Waals surface area (Å²) >= 11 is 0. The first-order valence-corrected chi connectivity index (χ1v) is 6.06. The van der Waals surface area contributed by atoms with E-state index in [1.54, 1.807) is 13.0 Å². The van der Waals surface area contributed by atoms with E-state index < -0.39 is 11.8 Å². The van der Waals surface area contributed by atoms with Crippen molar-refractivity contribution in [2.75, 3.05) is 19.5 Å². The minimum absolute atomic E-state index is 0.152. The van der Waals surface area contributed by atoms with Crippen molar-refractivity contribution in [3.8, 4) is 17.0 Å². The van der Waals surface area contributed by atoms with Crippen LogP contribution in [-0.4, -0.2) is 24.7 Å². The summed E-state index contributed by atoms with van der Waals surface area (Å²) in [7, 11) is 1.39. The second-order valence-corrected chi connectivity index (χ2v) is 4.08. The number of anilines is 1. The molecule has 0 aliphatic rings. The Hall–Kier alpha value is -2.50. The van der Waals surface area contributed by atoms with Gasteiger partial charge in [-0.3, -0.25) is 0 Å². The summed E-state index contributed by atoms with van der Waals surface area (Å²) in [4.78, 5) is 14.5. The number of carbonyl (C=O) groups excluding carboxylic acids is 1. The molecule has 1 aromatic carbocycles. The zero-order chi connectivity index (χ0) is 14.7. The number of aromatic amines is 1. The van der Waals surface area contributed by atoms with Crippen molar-refractivity contribution in [3.05, 3.63) is 35.6 Å².